The molecule has 5 heteroatoms. The van der Waals surface area contributed by atoms with Crippen molar-refractivity contribution in [2.45, 2.75) is 19.6 Å². The zero-order chi connectivity index (χ0) is 13.9. The van der Waals surface area contributed by atoms with E-state index in [1.807, 2.05) is 19.1 Å². The summed E-state index contributed by atoms with van der Waals surface area (Å²) in [4.78, 5) is 4.12. The van der Waals surface area contributed by atoms with Crippen LogP contribution < -0.4 is 5.32 Å². The van der Waals surface area contributed by atoms with Crippen LogP contribution >= 0.6 is 0 Å². The van der Waals surface area contributed by atoms with Crippen molar-refractivity contribution in [2.24, 2.45) is 0 Å². The molecule has 100 valence electrons. The minimum absolute atomic E-state index is 0.439. The average Bonchev–Trinajstić information content (AvgIpc) is 2.36. The molecular weight excluding hydrogens is 253 g/mol. The van der Waals surface area contributed by atoms with Crippen molar-refractivity contribution in [2.75, 3.05) is 5.32 Å². The van der Waals surface area contributed by atoms with E-state index in [1.165, 1.54) is 12.1 Å². The maximum atomic E-state index is 12.4. The molecule has 0 fully saturated rings. The lowest BCUT2D eigenvalue weighted by atomic mass is 10.1. The molecule has 2 aromatic rings. The second-order valence-corrected chi connectivity index (χ2v) is 4.27. The van der Waals surface area contributed by atoms with E-state index in [4.69, 9.17) is 0 Å². The molecule has 1 aromatic carbocycles. The zero-order valence-corrected chi connectivity index (χ0v) is 10.3. The molecule has 1 heterocycles. The van der Waals surface area contributed by atoms with Gasteiger partial charge in [-0.2, -0.15) is 13.2 Å². The molecule has 0 aliphatic carbocycles. The normalized spacial score (nSPS) is 11.4. The molecule has 1 aromatic heterocycles. The van der Waals surface area contributed by atoms with Crippen molar-refractivity contribution in [3.63, 3.8) is 0 Å². The van der Waals surface area contributed by atoms with E-state index in [-0.39, 0.29) is 0 Å². The molecule has 1 N–H and O–H groups in total. The van der Waals surface area contributed by atoms with E-state index in [0.717, 1.165) is 23.3 Å². The number of pyridine rings is 1. The Hall–Kier alpha value is -2.04. The van der Waals surface area contributed by atoms with Gasteiger partial charge in [-0.1, -0.05) is 12.1 Å². The third-order valence-corrected chi connectivity index (χ3v) is 2.67. The van der Waals surface area contributed by atoms with Crippen LogP contribution in [-0.4, -0.2) is 4.98 Å². The molecule has 2 nitrogen and oxygen atoms in total. The minimum Gasteiger partial charge on any atom is -0.366 e. The second kappa shape index (κ2) is 5.30. The van der Waals surface area contributed by atoms with Gasteiger partial charge in [-0.15, -0.1) is 0 Å². The van der Waals surface area contributed by atoms with Crippen LogP contribution in [0.3, 0.4) is 0 Å². The fraction of sp³-hybridized carbons (Fsp3) is 0.214. The smallest absolute Gasteiger partial charge is 0.366 e. The lowest BCUT2D eigenvalue weighted by Crippen LogP contribution is -2.06. The van der Waals surface area contributed by atoms with Crippen LogP contribution in [0.2, 0.25) is 0 Å². The summed E-state index contributed by atoms with van der Waals surface area (Å²) < 4.78 is 37.2. The minimum atomic E-state index is -4.29. The van der Waals surface area contributed by atoms with Crippen molar-refractivity contribution in [1.29, 1.82) is 0 Å². The highest BCUT2D eigenvalue weighted by molar-refractivity contribution is 5.38. The van der Waals surface area contributed by atoms with E-state index in [9.17, 15) is 13.2 Å². The van der Waals surface area contributed by atoms with Gasteiger partial charge in [0.1, 0.15) is 5.82 Å². The van der Waals surface area contributed by atoms with Gasteiger partial charge < -0.3 is 5.32 Å². The number of halogens is 3. The van der Waals surface area contributed by atoms with Gasteiger partial charge in [0, 0.05) is 12.7 Å². The number of aromatic nitrogens is 1. The summed E-state index contributed by atoms with van der Waals surface area (Å²) in [6.45, 7) is 2.39. The number of nitrogens with zero attached hydrogens (tertiary/aromatic N) is 1. The number of aryl methyl sites for hydroxylation is 1. The van der Waals surface area contributed by atoms with Crippen LogP contribution in [0, 0.1) is 6.92 Å². The predicted molar refractivity (Wildman–Crippen MR) is 67.7 cm³/mol. The summed E-state index contributed by atoms with van der Waals surface area (Å²) in [5, 5.41) is 3.07. The Morgan fingerprint density at radius 2 is 1.79 bits per heavy atom. The number of alkyl halides is 3. The average molecular weight is 266 g/mol. The molecular formula is C14H13F3N2. The number of hydrogen-bond acceptors (Lipinski definition) is 2. The maximum absolute atomic E-state index is 12.4. The topological polar surface area (TPSA) is 24.9 Å². The van der Waals surface area contributed by atoms with Gasteiger partial charge in [-0.05, 0) is 42.3 Å². The van der Waals surface area contributed by atoms with Crippen LogP contribution in [0.25, 0.3) is 0 Å². The molecule has 0 unspecified atom stereocenters. The monoisotopic (exact) mass is 266 g/mol. The fourth-order valence-electron chi connectivity index (χ4n) is 1.64. The molecule has 0 aliphatic heterocycles. The Balaban J connectivity index is 2.01. The van der Waals surface area contributed by atoms with Crippen LogP contribution in [-0.2, 0) is 12.7 Å². The Labute approximate surface area is 109 Å². The van der Waals surface area contributed by atoms with Gasteiger partial charge >= 0.3 is 6.18 Å². The number of rotatable bonds is 3. The Morgan fingerprint density at radius 3 is 2.37 bits per heavy atom. The molecule has 0 atom stereocenters. The summed E-state index contributed by atoms with van der Waals surface area (Å²) in [6.07, 6.45) is -2.60. The molecule has 0 saturated carbocycles. The summed E-state index contributed by atoms with van der Waals surface area (Å²) in [5.41, 5.74) is 1.21. The lowest BCUT2D eigenvalue weighted by molar-refractivity contribution is -0.137. The predicted octanol–water partition coefficient (Wildman–Crippen LogP) is 4.02. The summed E-state index contributed by atoms with van der Waals surface area (Å²) in [7, 11) is 0. The van der Waals surface area contributed by atoms with Crippen LogP contribution in [0.1, 0.15) is 16.7 Å². The van der Waals surface area contributed by atoms with Crippen molar-refractivity contribution in [3.8, 4) is 0 Å². The van der Waals surface area contributed by atoms with Gasteiger partial charge in [0.2, 0.25) is 0 Å². The second-order valence-electron chi connectivity index (χ2n) is 4.27. The van der Waals surface area contributed by atoms with Crippen molar-refractivity contribution in [1.82, 2.24) is 4.98 Å². The molecule has 0 saturated heterocycles. The van der Waals surface area contributed by atoms with Gasteiger partial charge in [0.05, 0.1) is 5.56 Å². The van der Waals surface area contributed by atoms with Gasteiger partial charge in [-0.25, -0.2) is 4.98 Å². The van der Waals surface area contributed by atoms with E-state index in [1.54, 1.807) is 6.20 Å². The highest BCUT2D eigenvalue weighted by Crippen LogP contribution is 2.29. The summed E-state index contributed by atoms with van der Waals surface area (Å²) >= 11 is 0. The van der Waals surface area contributed by atoms with Gasteiger partial charge in [-0.3, -0.25) is 0 Å². The van der Waals surface area contributed by atoms with E-state index < -0.39 is 11.7 Å². The SMILES string of the molecule is Cc1ccnc(NCc2ccc(C(F)(F)F)cc2)c1. The van der Waals surface area contributed by atoms with Gasteiger partial charge in [0.15, 0.2) is 0 Å². The molecule has 0 aliphatic rings. The summed E-state index contributed by atoms with van der Waals surface area (Å²) in [5.74, 6) is 0.708. The van der Waals surface area contributed by atoms with E-state index in [0.29, 0.717) is 12.4 Å². The number of anilines is 1. The molecule has 2 rings (SSSR count). The van der Waals surface area contributed by atoms with Crippen molar-refractivity contribution >= 4 is 5.82 Å². The van der Waals surface area contributed by atoms with Crippen molar-refractivity contribution < 1.29 is 13.2 Å². The van der Waals surface area contributed by atoms with Crippen LogP contribution in [0.5, 0.6) is 0 Å². The zero-order valence-electron chi connectivity index (χ0n) is 10.3. The first-order chi connectivity index (χ1) is 8.95. The maximum Gasteiger partial charge on any atom is 0.416 e. The molecule has 0 amide bonds. The third kappa shape index (κ3) is 3.71. The first kappa shape index (κ1) is 13.4. The molecule has 0 radical (unpaired) electrons. The highest BCUT2D eigenvalue weighted by Gasteiger charge is 2.29. The van der Waals surface area contributed by atoms with Crippen molar-refractivity contribution in [3.05, 3.63) is 59.3 Å². The standard InChI is InChI=1S/C14H13F3N2/c1-10-6-7-18-13(8-10)19-9-11-2-4-12(5-3-11)14(15,16)17/h2-8H,9H2,1H3,(H,18,19). The molecule has 0 bridgehead atoms. The number of nitrogens with one attached hydrogen (secondary N) is 1. The molecule has 0 spiro atoms. The first-order valence-corrected chi connectivity index (χ1v) is 5.78. The third-order valence-electron chi connectivity index (χ3n) is 2.67. The quantitative estimate of drug-likeness (QED) is 0.907. The first-order valence-electron chi connectivity index (χ1n) is 5.78. The highest BCUT2D eigenvalue weighted by atomic mass is 19.4. The van der Waals surface area contributed by atoms with Crippen LogP contribution in [0.15, 0.2) is 42.6 Å². The molecule has 19 heavy (non-hydrogen) atoms. The summed E-state index contributed by atoms with van der Waals surface area (Å²) in [6, 6.07) is 8.85. The van der Waals surface area contributed by atoms with Gasteiger partial charge in [0.25, 0.3) is 0 Å². The number of benzene rings is 1. The van der Waals surface area contributed by atoms with Crippen LogP contribution in [0.4, 0.5) is 19.0 Å². The fourth-order valence-corrected chi connectivity index (χ4v) is 1.64. The lowest BCUT2D eigenvalue weighted by Gasteiger charge is -2.09. The Kier molecular flexibility index (Phi) is 3.74. The Morgan fingerprint density at radius 1 is 1.11 bits per heavy atom. The van der Waals surface area contributed by atoms with E-state index in [2.05, 4.69) is 10.3 Å². The van der Waals surface area contributed by atoms with E-state index >= 15 is 0 Å². The largest absolute Gasteiger partial charge is 0.416 e. The number of hydrogen-bond donors (Lipinski definition) is 1. The Bertz CT molecular complexity index is 547.